The third-order valence-electron chi connectivity index (χ3n) is 2.37. The Kier molecular flexibility index (Phi) is 5.00. The van der Waals surface area contributed by atoms with Crippen LogP contribution in [0.15, 0.2) is 38.2 Å². The summed E-state index contributed by atoms with van der Waals surface area (Å²) in [5.74, 6) is 0.378. The molecule has 2 aromatic rings. The summed E-state index contributed by atoms with van der Waals surface area (Å²) in [6.07, 6.45) is 0. The molecule has 0 aliphatic heterocycles. The van der Waals surface area contributed by atoms with Gasteiger partial charge in [0.15, 0.2) is 4.67 Å². The molecule has 0 radical (unpaired) electrons. The molecule has 1 aromatic heterocycles. The van der Waals surface area contributed by atoms with Crippen molar-refractivity contribution in [2.75, 3.05) is 4.72 Å². The molecular formula is C11H9BrClIN2O3S. The van der Waals surface area contributed by atoms with E-state index in [-0.39, 0.29) is 16.1 Å². The maximum Gasteiger partial charge on any atom is 0.266 e. The number of nitrogens with one attached hydrogen (secondary N) is 1. The smallest absolute Gasteiger partial charge is 0.266 e. The maximum absolute atomic E-state index is 12.3. The minimum absolute atomic E-state index is 0.00343. The van der Waals surface area contributed by atoms with E-state index < -0.39 is 10.0 Å². The van der Waals surface area contributed by atoms with E-state index in [2.05, 4.69) is 20.7 Å². The van der Waals surface area contributed by atoms with Gasteiger partial charge >= 0.3 is 0 Å². The van der Waals surface area contributed by atoms with Crippen molar-refractivity contribution in [1.82, 2.24) is 0 Å². The van der Waals surface area contributed by atoms with E-state index in [1.54, 1.807) is 18.2 Å². The maximum atomic E-state index is 12.3. The highest BCUT2D eigenvalue weighted by molar-refractivity contribution is 14.1. The van der Waals surface area contributed by atoms with Gasteiger partial charge in [-0.1, -0.05) is 11.6 Å². The van der Waals surface area contributed by atoms with Crippen LogP contribution in [-0.2, 0) is 16.6 Å². The first-order valence-corrected chi connectivity index (χ1v) is 9.03. The fourth-order valence-electron chi connectivity index (χ4n) is 1.45. The molecule has 0 atom stereocenters. The van der Waals surface area contributed by atoms with Gasteiger partial charge in [-0.15, -0.1) is 0 Å². The van der Waals surface area contributed by atoms with E-state index in [1.807, 2.05) is 22.6 Å². The third-order valence-corrected chi connectivity index (χ3v) is 5.72. The average Bonchev–Trinajstić information content (AvgIpc) is 2.75. The van der Waals surface area contributed by atoms with Gasteiger partial charge in [-0.25, -0.2) is 8.42 Å². The van der Waals surface area contributed by atoms with E-state index >= 15 is 0 Å². The van der Waals surface area contributed by atoms with Gasteiger partial charge in [0.25, 0.3) is 10.0 Å². The lowest BCUT2D eigenvalue weighted by Gasteiger charge is -2.08. The standard InChI is InChI=1S/C11H9BrClIN2O3S/c12-11-10(4-7(5-15)19-11)20(17,18)16-9-2-1-6(13)3-8(9)14/h1-4,16H,5,15H2. The van der Waals surface area contributed by atoms with Crippen LogP contribution >= 0.6 is 50.1 Å². The van der Waals surface area contributed by atoms with Gasteiger partial charge in [0, 0.05) is 14.7 Å². The monoisotopic (exact) mass is 490 g/mol. The summed E-state index contributed by atoms with van der Waals surface area (Å²) in [7, 11) is -3.76. The molecule has 0 amide bonds. The summed E-state index contributed by atoms with van der Waals surface area (Å²) in [5, 5.41) is 0.534. The third kappa shape index (κ3) is 3.48. The molecule has 0 saturated heterocycles. The first-order valence-electron chi connectivity index (χ1n) is 5.29. The Morgan fingerprint density at radius 1 is 1.40 bits per heavy atom. The molecule has 0 unspecified atom stereocenters. The van der Waals surface area contributed by atoms with Crippen LogP contribution in [0.25, 0.3) is 0 Å². The van der Waals surface area contributed by atoms with Gasteiger partial charge < -0.3 is 10.2 Å². The van der Waals surface area contributed by atoms with Crippen molar-refractivity contribution in [3.8, 4) is 0 Å². The zero-order chi connectivity index (χ0) is 14.9. The van der Waals surface area contributed by atoms with Crippen LogP contribution in [0.3, 0.4) is 0 Å². The summed E-state index contributed by atoms with van der Waals surface area (Å²) in [4.78, 5) is 0.00343. The molecule has 0 aliphatic carbocycles. The van der Waals surface area contributed by atoms with Crippen molar-refractivity contribution in [3.63, 3.8) is 0 Å². The second kappa shape index (κ2) is 6.22. The van der Waals surface area contributed by atoms with Crippen molar-refractivity contribution in [2.45, 2.75) is 11.4 Å². The van der Waals surface area contributed by atoms with Crippen molar-refractivity contribution >= 4 is 65.8 Å². The van der Waals surface area contributed by atoms with E-state index in [4.69, 9.17) is 21.8 Å². The van der Waals surface area contributed by atoms with Crippen LogP contribution in [0, 0.1) is 3.57 Å². The second-order valence-electron chi connectivity index (χ2n) is 3.78. The van der Waals surface area contributed by atoms with Crippen molar-refractivity contribution in [1.29, 1.82) is 0 Å². The number of hydrogen-bond donors (Lipinski definition) is 2. The Morgan fingerprint density at radius 2 is 2.10 bits per heavy atom. The lowest BCUT2D eigenvalue weighted by molar-refractivity contribution is 0.484. The molecule has 1 aromatic carbocycles. The molecule has 0 fully saturated rings. The summed E-state index contributed by atoms with van der Waals surface area (Å²) in [6, 6.07) is 6.25. The van der Waals surface area contributed by atoms with Crippen LogP contribution in [0.2, 0.25) is 5.02 Å². The van der Waals surface area contributed by atoms with E-state index in [1.165, 1.54) is 6.07 Å². The fourth-order valence-corrected chi connectivity index (χ4v) is 4.72. The first kappa shape index (κ1) is 16.1. The number of furan rings is 1. The van der Waals surface area contributed by atoms with Gasteiger partial charge in [-0.3, -0.25) is 4.72 Å². The number of sulfonamides is 1. The zero-order valence-electron chi connectivity index (χ0n) is 9.86. The molecular weight excluding hydrogens is 482 g/mol. The number of benzene rings is 1. The predicted molar refractivity (Wildman–Crippen MR) is 89.3 cm³/mol. The predicted octanol–water partition coefficient (Wildman–Crippen LogP) is 3.56. The normalized spacial score (nSPS) is 11.6. The van der Waals surface area contributed by atoms with Gasteiger partial charge in [-0.05, 0) is 56.7 Å². The molecule has 1 heterocycles. The Bertz CT molecular complexity index is 748. The summed E-state index contributed by atoms with van der Waals surface area (Å²) in [5.41, 5.74) is 5.87. The number of rotatable bonds is 4. The minimum Gasteiger partial charge on any atom is -0.452 e. The van der Waals surface area contributed by atoms with Crippen molar-refractivity contribution in [3.05, 3.63) is 43.3 Å². The highest BCUT2D eigenvalue weighted by atomic mass is 127. The summed E-state index contributed by atoms with van der Waals surface area (Å²) in [6.45, 7) is 0.118. The van der Waals surface area contributed by atoms with Crippen LogP contribution in [0.4, 0.5) is 5.69 Å². The Labute approximate surface area is 143 Å². The topological polar surface area (TPSA) is 85.3 Å². The van der Waals surface area contributed by atoms with Gasteiger partial charge in [-0.2, -0.15) is 0 Å². The highest BCUT2D eigenvalue weighted by Gasteiger charge is 2.23. The molecule has 5 nitrogen and oxygen atoms in total. The number of nitrogens with two attached hydrogens (primary N) is 1. The van der Waals surface area contributed by atoms with E-state index in [0.29, 0.717) is 20.0 Å². The fraction of sp³-hybridized carbons (Fsp3) is 0.0909. The molecule has 3 N–H and O–H groups in total. The molecule has 0 bridgehead atoms. The molecule has 9 heteroatoms. The molecule has 0 spiro atoms. The zero-order valence-corrected chi connectivity index (χ0v) is 15.2. The quantitative estimate of drug-likeness (QED) is 0.641. The Hall–Kier alpha value is -0.290. The van der Waals surface area contributed by atoms with Gasteiger partial charge in [0.2, 0.25) is 0 Å². The first-order chi connectivity index (χ1) is 9.33. The Balaban J connectivity index is 2.38. The second-order valence-corrected chi connectivity index (χ2v) is 7.75. The number of anilines is 1. The average molecular weight is 492 g/mol. The van der Waals surface area contributed by atoms with Crippen LogP contribution in [0.1, 0.15) is 5.76 Å². The lowest BCUT2D eigenvalue weighted by atomic mass is 10.3. The van der Waals surface area contributed by atoms with E-state index in [9.17, 15) is 8.42 Å². The van der Waals surface area contributed by atoms with Crippen molar-refractivity contribution in [2.24, 2.45) is 5.73 Å². The molecule has 0 aliphatic rings. The van der Waals surface area contributed by atoms with E-state index in [0.717, 1.165) is 0 Å². The Morgan fingerprint density at radius 3 is 2.65 bits per heavy atom. The lowest BCUT2D eigenvalue weighted by Crippen LogP contribution is -2.13. The van der Waals surface area contributed by atoms with Crippen LogP contribution in [0.5, 0.6) is 0 Å². The summed E-state index contributed by atoms with van der Waals surface area (Å²) >= 11 is 10.9. The van der Waals surface area contributed by atoms with Gasteiger partial charge in [0.05, 0.1) is 12.2 Å². The summed E-state index contributed by atoms with van der Waals surface area (Å²) < 4.78 is 33.1. The van der Waals surface area contributed by atoms with Gasteiger partial charge in [0.1, 0.15) is 10.7 Å². The number of hydrogen-bond acceptors (Lipinski definition) is 4. The van der Waals surface area contributed by atoms with Crippen molar-refractivity contribution < 1.29 is 12.8 Å². The molecule has 108 valence electrons. The SMILES string of the molecule is NCc1cc(S(=O)(=O)Nc2ccc(Cl)cc2I)c(Br)o1. The highest BCUT2D eigenvalue weighted by Crippen LogP contribution is 2.29. The minimum atomic E-state index is -3.76. The van der Waals surface area contributed by atoms with Crippen LogP contribution < -0.4 is 10.5 Å². The molecule has 2 rings (SSSR count). The van der Waals surface area contributed by atoms with Crippen LogP contribution in [-0.4, -0.2) is 8.42 Å². The largest absolute Gasteiger partial charge is 0.452 e. The number of halogens is 3. The molecule has 0 saturated carbocycles. The molecule has 20 heavy (non-hydrogen) atoms.